The Bertz CT molecular complexity index is 1070. The molecule has 0 aliphatic carbocycles. The molecule has 3 heterocycles. The Kier molecular flexibility index (Phi) is 5.46. The van der Waals surface area contributed by atoms with Crippen LogP contribution in [-0.2, 0) is 0 Å². The second kappa shape index (κ2) is 8.86. The number of ether oxygens (including phenoxy) is 2. The summed E-state index contributed by atoms with van der Waals surface area (Å²) in [6.45, 7) is 2.12. The summed E-state index contributed by atoms with van der Waals surface area (Å²) in [6.07, 6.45) is 5.20. The van der Waals surface area contributed by atoms with Gasteiger partial charge in [0.2, 0.25) is 24.6 Å². The Labute approximate surface area is 180 Å². The number of nitrogens with one attached hydrogen (secondary N) is 2. The highest BCUT2D eigenvalue weighted by molar-refractivity contribution is 5.81. The molecule has 2 aromatic carbocycles. The second-order valence-corrected chi connectivity index (χ2v) is 7.30. The van der Waals surface area contributed by atoms with Crippen LogP contribution in [0.25, 0.3) is 0 Å². The van der Waals surface area contributed by atoms with E-state index in [1.807, 2.05) is 48.5 Å². The predicted molar refractivity (Wildman–Crippen MR) is 119 cm³/mol. The Morgan fingerprint density at radius 3 is 2.55 bits per heavy atom. The molecule has 3 aromatic rings. The normalized spacial score (nSPS) is 15.3. The average Bonchev–Trinajstić information content (AvgIpc) is 3.28. The number of rotatable bonds is 6. The molecule has 0 radical (unpaired) electrons. The van der Waals surface area contributed by atoms with Crippen LogP contribution in [0.15, 0.2) is 53.6 Å². The van der Waals surface area contributed by atoms with E-state index in [0.717, 1.165) is 42.9 Å². The summed E-state index contributed by atoms with van der Waals surface area (Å²) < 4.78 is 10.7. The van der Waals surface area contributed by atoms with Gasteiger partial charge in [0.15, 0.2) is 11.5 Å². The van der Waals surface area contributed by atoms with Gasteiger partial charge in [0.1, 0.15) is 0 Å². The van der Waals surface area contributed by atoms with Gasteiger partial charge in [-0.3, -0.25) is 0 Å². The zero-order valence-electron chi connectivity index (χ0n) is 17.0. The molecule has 1 saturated heterocycles. The SMILES string of the molecule is C(=N\Nc1nc(Nc2ccccc2)nc(N2CCCCC2)n1)/c1ccc2c(c1)OCO2. The number of fused-ring (bicyclic) bond motifs is 1. The highest BCUT2D eigenvalue weighted by Gasteiger charge is 2.16. The number of para-hydroxylation sites is 1. The molecular weight excluding hydrogens is 394 g/mol. The first-order valence-corrected chi connectivity index (χ1v) is 10.4. The second-order valence-electron chi connectivity index (χ2n) is 7.30. The van der Waals surface area contributed by atoms with Gasteiger partial charge in [-0.05, 0) is 55.2 Å². The molecule has 1 fully saturated rings. The summed E-state index contributed by atoms with van der Waals surface area (Å²) in [5.41, 5.74) is 4.72. The summed E-state index contributed by atoms with van der Waals surface area (Å²) >= 11 is 0. The Balaban J connectivity index is 1.36. The molecule has 158 valence electrons. The molecule has 2 aliphatic heterocycles. The van der Waals surface area contributed by atoms with Crippen LogP contribution in [0.2, 0.25) is 0 Å². The minimum Gasteiger partial charge on any atom is -0.454 e. The van der Waals surface area contributed by atoms with E-state index >= 15 is 0 Å². The Morgan fingerprint density at radius 1 is 0.871 bits per heavy atom. The van der Waals surface area contributed by atoms with E-state index in [2.05, 4.69) is 35.7 Å². The molecule has 0 unspecified atom stereocenters. The number of benzene rings is 2. The number of aromatic nitrogens is 3. The first kappa shape index (κ1) is 19.1. The quantitative estimate of drug-likeness (QED) is 0.462. The van der Waals surface area contributed by atoms with Gasteiger partial charge in [-0.2, -0.15) is 20.1 Å². The van der Waals surface area contributed by atoms with Crippen LogP contribution in [0.4, 0.5) is 23.5 Å². The van der Waals surface area contributed by atoms with Gasteiger partial charge in [0.05, 0.1) is 6.21 Å². The molecular formula is C22H23N7O2. The van der Waals surface area contributed by atoms with Crippen molar-refractivity contribution in [1.29, 1.82) is 0 Å². The van der Waals surface area contributed by atoms with Crippen molar-refractivity contribution in [3.63, 3.8) is 0 Å². The predicted octanol–water partition coefficient (Wildman–Crippen LogP) is 3.78. The van der Waals surface area contributed by atoms with E-state index in [-0.39, 0.29) is 6.79 Å². The number of hydrogen-bond acceptors (Lipinski definition) is 9. The molecule has 5 rings (SSSR count). The third kappa shape index (κ3) is 4.66. The Hall–Kier alpha value is -3.88. The number of piperidine rings is 1. The summed E-state index contributed by atoms with van der Waals surface area (Å²) in [4.78, 5) is 15.9. The minimum atomic E-state index is 0.246. The molecule has 0 atom stereocenters. The van der Waals surface area contributed by atoms with Crippen LogP contribution < -0.4 is 25.1 Å². The van der Waals surface area contributed by atoms with E-state index in [0.29, 0.717) is 23.6 Å². The van der Waals surface area contributed by atoms with E-state index < -0.39 is 0 Å². The zero-order chi connectivity index (χ0) is 20.9. The summed E-state index contributed by atoms with van der Waals surface area (Å²) in [5, 5.41) is 7.55. The molecule has 0 bridgehead atoms. The lowest BCUT2D eigenvalue weighted by atomic mass is 10.1. The third-order valence-electron chi connectivity index (χ3n) is 5.07. The molecule has 0 spiro atoms. The van der Waals surface area contributed by atoms with Crippen LogP contribution in [0, 0.1) is 0 Å². The highest BCUT2D eigenvalue weighted by atomic mass is 16.7. The van der Waals surface area contributed by atoms with Crippen molar-refractivity contribution in [2.45, 2.75) is 19.3 Å². The van der Waals surface area contributed by atoms with E-state index in [4.69, 9.17) is 9.47 Å². The van der Waals surface area contributed by atoms with Gasteiger partial charge < -0.3 is 19.7 Å². The number of hydrogen-bond donors (Lipinski definition) is 2. The first-order valence-electron chi connectivity index (χ1n) is 10.4. The fraction of sp³-hybridized carbons (Fsp3) is 0.273. The lowest BCUT2D eigenvalue weighted by Gasteiger charge is -2.26. The summed E-state index contributed by atoms with van der Waals surface area (Å²) in [7, 11) is 0. The fourth-order valence-corrected chi connectivity index (χ4v) is 3.51. The molecule has 9 heteroatoms. The average molecular weight is 417 g/mol. The number of anilines is 4. The first-order chi connectivity index (χ1) is 15.3. The molecule has 1 aromatic heterocycles. The molecule has 0 amide bonds. The fourth-order valence-electron chi connectivity index (χ4n) is 3.51. The molecule has 2 N–H and O–H groups in total. The standard InChI is InChI=1S/C22H23N7O2/c1-3-7-17(8-4-1)24-20-25-21(27-22(26-20)29-11-5-2-6-12-29)28-23-14-16-9-10-18-19(13-16)31-15-30-18/h1,3-4,7-10,13-14H,2,5-6,11-12,15H2,(H2,24,25,26,27,28)/b23-14+. The maximum atomic E-state index is 5.41. The van der Waals surface area contributed by atoms with Crippen molar-refractivity contribution >= 4 is 29.7 Å². The minimum absolute atomic E-state index is 0.246. The van der Waals surface area contributed by atoms with Gasteiger partial charge in [0.25, 0.3) is 0 Å². The van der Waals surface area contributed by atoms with Crippen LogP contribution in [-0.4, -0.2) is 41.0 Å². The van der Waals surface area contributed by atoms with Crippen molar-refractivity contribution in [3.05, 3.63) is 54.1 Å². The van der Waals surface area contributed by atoms with Crippen molar-refractivity contribution in [2.24, 2.45) is 5.10 Å². The van der Waals surface area contributed by atoms with E-state index in [1.54, 1.807) is 6.21 Å². The summed E-state index contributed by atoms with van der Waals surface area (Å²) in [6, 6.07) is 15.5. The molecule has 31 heavy (non-hydrogen) atoms. The molecule has 2 aliphatic rings. The van der Waals surface area contributed by atoms with Gasteiger partial charge in [-0.25, -0.2) is 5.43 Å². The van der Waals surface area contributed by atoms with E-state index in [1.165, 1.54) is 6.42 Å². The highest BCUT2D eigenvalue weighted by Crippen LogP contribution is 2.32. The van der Waals surface area contributed by atoms with E-state index in [9.17, 15) is 0 Å². The van der Waals surface area contributed by atoms with Crippen LogP contribution in [0.3, 0.4) is 0 Å². The topological polar surface area (TPSA) is 96.8 Å². The third-order valence-corrected chi connectivity index (χ3v) is 5.07. The molecule has 9 nitrogen and oxygen atoms in total. The van der Waals surface area contributed by atoms with Gasteiger partial charge in [-0.15, -0.1) is 0 Å². The van der Waals surface area contributed by atoms with Crippen molar-refractivity contribution in [2.75, 3.05) is 35.5 Å². The largest absolute Gasteiger partial charge is 0.454 e. The number of nitrogens with zero attached hydrogens (tertiary/aromatic N) is 5. The Morgan fingerprint density at radius 2 is 1.68 bits per heavy atom. The van der Waals surface area contributed by atoms with Gasteiger partial charge >= 0.3 is 0 Å². The van der Waals surface area contributed by atoms with Crippen molar-refractivity contribution in [1.82, 2.24) is 15.0 Å². The summed E-state index contributed by atoms with van der Waals surface area (Å²) in [5.74, 6) is 2.96. The lowest BCUT2D eigenvalue weighted by molar-refractivity contribution is 0.174. The maximum Gasteiger partial charge on any atom is 0.250 e. The molecule has 0 saturated carbocycles. The van der Waals surface area contributed by atoms with Crippen LogP contribution in [0.5, 0.6) is 11.5 Å². The maximum absolute atomic E-state index is 5.41. The van der Waals surface area contributed by atoms with Crippen molar-refractivity contribution in [3.8, 4) is 11.5 Å². The zero-order valence-corrected chi connectivity index (χ0v) is 17.0. The monoisotopic (exact) mass is 417 g/mol. The lowest BCUT2D eigenvalue weighted by Crippen LogP contribution is -2.31. The van der Waals surface area contributed by atoms with Crippen LogP contribution in [0.1, 0.15) is 24.8 Å². The smallest absolute Gasteiger partial charge is 0.250 e. The number of hydrazone groups is 1. The van der Waals surface area contributed by atoms with Crippen LogP contribution >= 0.6 is 0 Å². The van der Waals surface area contributed by atoms with Gasteiger partial charge in [0, 0.05) is 18.8 Å². The van der Waals surface area contributed by atoms with Gasteiger partial charge in [-0.1, -0.05) is 18.2 Å². The van der Waals surface area contributed by atoms with Crippen molar-refractivity contribution < 1.29 is 9.47 Å².